The fourth-order valence-corrected chi connectivity index (χ4v) is 3.94. The van der Waals surface area contributed by atoms with E-state index in [1.807, 2.05) is 5.38 Å². The van der Waals surface area contributed by atoms with Gasteiger partial charge in [0.15, 0.2) is 5.13 Å². The summed E-state index contributed by atoms with van der Waals surface area (Å²) >= 11 is 1.46. The Balaban J connectivity index is 0.00000243. The van der Waals surface area contributed by atoms with Gasteiger partial charge in [0, 0.05) is 18.1 Å². The minimum atomic E-state index is -0.464. The highest BCUT2D eigenvalue weighted by molar-refractivity contribution is 7.14. The molecule has 1 saturated heterocycles. The average Bonchev–Trinajstić information content (AvgIpc) is 3.11. The Morgan fingerprint density at radius 2 is 2.00 bits per heavy atom. The van der Waals surface area contributed by atoms with Crippen LogP contribution in [0.15, 0.2) is 29.6 Å². The van der Waals surface area contributed by atoms with Crippen LogP contribution in [0.25, 0.3) is 11.3 Å². The van der Waals surface area contributed by atoms with Gasteiger partial charge in [-0.2, -0.15) is 0 Å². The number of nitrogens with zero attached hydrogens (tertiary/aromatic N) is 1. The molecule has 0 spiro atoms. The number of amides is 1. The number of hydrogen-bond acceptors (Lipinski definition) is 5. The number of hydrogen-bond donors (Lipinski definition) is 2. The van der Waals surface area contributed by atoms with Gasteiger partial charge in [-0.1, -0.05) is 31.2 Å². The number of halogens is 1. The molecule has 1 aliphatic rings. The van der Waals surface area contributed by atoms with Gasteiger partial charge in [-0.15, -0.1) is 23.7 Å². The molecule has 5 nitrogen and oxygen atoms in total. The third-order valence-electron chi connectivity index (χ3n) is 4.85. The number of thiazole rings is 1. The number of carbonyl (C=O) groups excluding carboxylic acids is 1. The maximum atomic E-state index is 12.9. The zero-order valence-corrected chi connectivity index (χ0v) is 16.8. The van der Waals surface area contributed by atoms with Crippen molar-refractivity contribution in [1.29, 1.82) is 0 Å². The fourth-order valence-electron chi connectivity index (χ4n) is 3.22. The molecule has 0 bridgehead atoms. The van der Waals surface area contributed by atoms with Crippen LogP contribution in [0.4, 0.5) is 5.13 Å². The molecule has 0 radical (unpaired) electrons. The standard InChI is InChI=1S/C19H25N3O2S.ClH/c1-3-14-4-6-15(7-5-14)16-12-25-18(21-16)22-17(23)19(13-24-2)8-10-20-11-9-19;/h4-7,12,20H,3,8-11,13H2,1-2H3,(H,21,22,23);1H. The lowest BCUT2D eigenvalue weighted by Gasteiger charge is -2.35. The van der Waals surface area contributed by atoms with Gasteiger partial charge in [-0.25, -0.2) is 4.98 Å². The predicted molar refractivity (Wildman–Crippen MR) is 109 cm³/mol. The molecule has 0 atom stereocenters. The maximum Gasteiger partial charge on any atom is 0.234 e. The van der Waals surface area contributed by atoms with Crippen molar-refractivity contribution in [2.75, 3.05) is 32.1 Å². The molecule has 1 amide bonds. The molecule has 2 heterocycles. The first-order valence-corrected chi connectivity index (χ1v) is 9.61. The summed E-state index contributed by atoms with van der Waals surface area (Å²) in [5, 5.41) is 8.95. The van der Waals surface area contributed by atoms with E-state index in [2.05, 4.69) is 46.8 Å². The Kier molecular flexibility index (Phi) is 7.58. The zero-order valence-electron chi connectivity index (χ0n) is 15.2. The summed E-state index contributed by atoms with van der Waals surface area (Å²) in [6, 6.07) is 8.41. The summed E-state index contributed by atoms with van der Waals surface area (Å²) in [6.07, 6.45) is 2.59. The molecule has 2 N–H and O–H groups in total. The number of methoxy groups -OCH3 is 1. The topological polar surface area (TPSA) is 63.2 Å². The zero-order chi connectivity index (χ0) is 17.7. The summed E-state index contributed by atoms with van der Waals surface area (Å²) < 4.78 is 5.33. The monoisotopic (exact) mass is 395 g/mol. The minimum Gasteiger partial charge on any atom is -0.384 e. The van der Waals surface area contributed by atoms with Crippen molar-refractivity contribution in [3.63, 3.8) is 0 Å². The van der Waals surface area contributed by atoms with Gasteiger partial charge in [0.2, 0.25) is 5.91 Å². The third-order valence-corrected chi connectivity index (χ3v) is 5.60. The van der Waals surface area contributed by atoms with Crippen molar-refractivity contribution in [2.45, 2.75) is 26.2 Å². The molecule has 1 fully saturated rings. The van der Waals surface area contributed by atoms with Gasteiger partial charge in [-0.3, -0.25) is 4.79 Å². The fraction of sp³-hybridized carbons (Fsp3) is 0.474. The molecule has 0 aliphatic carbocycles. The number of benzene rings is 1. The minimum absolute atomic E-state index is 0. The number of anilines is 1. The highest BCUT2D eigenvalue weighted by Crippen LogP contribution is 2.32. The van der Waals surface area contributed by atoms with Gasteiger partial charge >= 0.3 is 0 Å². The van der Waals surface area contributed by atoms with Crippen LogP contribution >= 0.6 is 23.7 Å². The van der Waals surface area contributed by atoms with E-state index in [1.54, 1.807) is 7.11 Å². The number of piperidine rings is 1. The van der Waals surface area contributed by atoms with Gasteiger partial charge in [0.05, 0.1) is 17.7 Å². The Bertz CT molecular complexity index is 706. The summed E-state index contributed by atoms with van der Waals surface area (Å²) in [7, 11) is 1.65. The van der Waals surface area contributed by atoms with E-state index in [0.717, 1.165) is 43.6 Å². The van der Waals surface area contributed by atoms with Crippen LogP contribution in [-0.2, 0) is 16.0 Å². The summed E-state index contributed by atoms with van der Waals surface area (Å²) in [5.74, 6) is 0.0121. The first-order chi connectivity index (χ1) is 12.2. The third kappa shape index (κ3) is 4.62. The maximum absolute atomic E-state index is 12.9. The number of nitrogens with one attached hydrogen (secondary N) is 2. The molecular formula is C19H26ClN3O2S. The lowest BCUT2D eigenvalue weighted by atomic mass is 9.79. The largest absolute Gasteiger partial charge is 0.384 e. The Morgan fingerprint density at radius 1 is 1.31 bits per heavy atom. The lowest BCUT2D eigenvalue weighted by molar-refractivity contribution is -0.130. The van der Waals surface area contributed by atoms with Crippen molar-refractivity contribution in [3.05, 3.63) is 35.2 Å². The second kappa shape index (κ2) is 9.46. The quantitative estimate of drug-likeness (QED) is 0.781. The van der Waals surface area contributed by atoms with Crippen LogP contribution in [0.1, 0.15) is 25.3 Å². The average molecular weight is 396 g/mol. The molecule has 26 heavy (non-hydrogen) atoms. The molecule has 7 heteroatoms. The number of aromatic nitrogens is 1. The van der Waals surface area contributed by atoms with Gasteiger partial charge in [0.1, 0.15) is 0 Å². The normalized spacial score (nSPS) is 15.9. The van der Waals surface area contributed by atoms with Crippen molar-refractivity contribution in [2.24, 2.45) is 5.41 Å². The molecule has 142 valence electrons. The van der Waals surface area contributed by atoms with Crippen LogP contribution in [0, 0.1) is 5.41 Å². The van der Waals surface area contributed by atoms with Crippen LogP contribution in [0.3, 0.4) is 0 Å². The number of rotatable bonds is 6. The van der Waals surface area contributed by atoms with E-state index in [1.165, 1.54) is 16.9 Å². The van der Waals surface area contributed by atoms with Gasteiger partial charge in [-0.05, 0) is 37.9 Å². The molecule has 1 aromatic carbocycles. The van der Waals surface area contributed by atoms with Crippen molar-refractivity contribution in [3.8, 4) is 11.3 Å². The van der Waals surface area contributed by atoms with Crippen LogP contribution in [0.5, 0.6) is 0 Å². The second-order valence-electron chi connectivity index (χ2n) is 6.51. The van der Waals surface area contributed by atoms with Crippen LogP contribution < -0.4 is 10.6 Å². The van der Waals surface area contributed by atoms with E-state index >= 15 is 0 Å². The highest BCUT2D eigenvalue weighted by Gasteiger charge is 2.40. The molecule has 2 aromatic rings. The van der Waals surface area contributed by atoms with Gasteiger partial charge < -0.3 is 15.4 Å². The SMILES string of the molecule is CCc1ccc(-c2csc(NC(=O)C3(COC)CCNCC3)n2)cc1.Cl. The van der Waals surface area contributed by atoms with E-state index in [9.17, 15) is 4.79 Å². The molecule has 3 rings (SSSR count). The van der Waals surface area contributed by atoms with Crippen LogP contribution in [-0.4, -0.2) is 37.7 Å². The Hall–Kier alpha value is -1.47. The predicted octanol–water partition coefficient (Wildman–Crippen LogP) is 3.75. The van der Waals surface area contributed by atoms with E-state index < -0.39 is 5.41 Å². The molecule has 1 aliphatic heterocycles. The summed E-state index contributed by atoms with van der Waals surface area (Å²) in [6.45, 7) is 4.26. The highest BCUT2D eigenvalue weighted by atomic mass is 35.5. The van der Waals surface area contributed by atoms with Crippen molar-refractivity contribution >= 4 is 34.8 Å². The van der Waals surface area contributed by atoms with Crippen LogP contribution in [0.2, 0.25) is 0 Å². The Labute approximate surface area is 165 Å². The number of carbonyl (C=O) groups is 1. The molecular weight excluding hydrogens is 370 g/mol. The molecule has 0 saturated carbocycles. The smallest absolute Gasteiger partial charge is 0.234 e. The summed E-state index contributed by atoms with van der Waals surface area (Å²) in [5.41, 5.74) is 2.81. The molecule has 1 aromatic heterocycles. The second-order valence-corrected chi connectivity index (χ2v) is 7.36. The summed E-state index contributed by atoms with van der Waals surface area (Å²) in [4.78, 5) is 17.4. The Morgan fingerprint density at radius 3 is 2.62 bits per heavy atom. The number of aryl methyl sites for hydroxylation is 1. The number of ether oxygens (including phenoxy) is 1. The molecule has 0 unspecified atom stereocenters. The first-order valence-electron chi connectivity index (χ1n) is 8.73. The first kappa shape index (κ1) is 20.8. The van der Waals surface area contributed by atoms with E-state index in [0.29, 0.717) is 11.7 Å². The van der Waals surface area contributed by atoms with Gasteiger partial charge in [0.25, 0.3) is 0 Å². The van der Waals surface area contributed by atoms with E-state index in [4.69, 9.17) is 4.74 Å². The lowest BCUT2D eigenvalue weighted by Crippen LogP contribution is -2.47. The van der Waals surface area contributed by atoms with Crippen molar-refractivity contribution < 1.29 is 9.53 Å². The van der Waals surface area contributed by atoms with E-state index in [-0.39, 0.29) is 18.3 Å². The van der Waals surface area contributed by atoms with Crippen molar-refractivity contribution in [1.82, 2.24) is 10.3 Å².